The summed E-state index contributed by atoms with van der Waals surface area (Å²) < 4.78 is 5.19. The van der Waals surface area contributed by atoms with E-state index < -0.39 is 11.7 Å². The van der Waals surface area contributed by atoms with E-state index in [2.05, 4.69) is 10.6 Å². The quantitative estimate of drug-likeness (QED) is 0.846. The average molecular weight is 320 g/mol. The molecule has 2 N–H and O–H groups in total. The molecule has 0 radical (unpaired) electrons. The van der Waals surface area contributed by atoms with E-state index >= 15 is 0 Å². The van der Waals surface area contributed by atoms with E-state index in [0.717, 1.165) is 17.5 Å². The first-order chi connectivity index (χ1) is 10.7. The second-order valence-corrected chi connectivity index (χ2v) is 6.70. The molecule has 0 heterocycles. The number of benzene rings is 1. The molecule has 0 saturated carbocycles. The minimum Gasteiger partial charge on any atom is -0.444 e. The molecule has 1 aromatic carbocycles. The third-order valence-corrected chi connectivity index (χ3v) is 3.13. The zero-order valence-corrected chi connectivity index (χ0v) is 14.7. The molecule has 0 aromatic heterocycles. The summed E-state index contributed by atoms with van der Waals surface area (Å²) in [6.07, 6.45) is 0.864. The maximum absolute atomic E-state index is 11.6. The standard InChI is InChI=1S/C18H28N2O3/c1-6-16(21)20-13(2)11-14-7-9-15(10-8-14)12-19-17(22)23-18(3,4)5/h7-10,13H,6,11-12H2,1-5H3,(H,19,22)(H,20,21). The van der Waals surface area contributed by atoms with Crippen molar-refractivity contribution in [3.8, 4) is 0 Å². The monoisotopic (exact) mass is 320 g/mol. The topological polar surface area (TPSA) is 67.4 Å². The smallest absolute Gasteiger partial charge is 0.407 e. The molecule has 1 rings (SSSR count). The minimum absolute atomic E-state index is 0.0654. The zero-order chi connectivity index (χ0) is 17.5. The lowest BCUT2D eigenvalue weighted by molar-refractivity contribution is -0.121. The van der Waals surface area contributed by atoms with Gasteiger partial charge in [0.1, 0.15) is 5.60 Å². The first-order valence-corrected chi connectivity index (χ1v) is 8.03. The van der Waals surface area contributed by atoms with E-state index in [1.165, 1.54) is 0 Å². The predicted molar refractivity (Wildman–Crippen MR) is 91.1 cm³/mol. The van der Waals surface area contributed by atoms with Crippen molar-refractivity contribution in [2.45, 2.75) is 65.6 Å². The van der Waals surface area contributed by atoms with Crippen molar-refractivity contribution in [2.75, 3.05) is 0 Å². The van der Waals surface area contributed by atoms with Gasteiger partial charge in [0.15, 0.2) is 0 Å². The Balaban J connectivity index is 2.44. The molecule has 1 unspecified atom stereocenters. The summed E-state index contributed by atoms with van der Waals surface area (Å²) in [7, 11) is 0. The van der Waals surface area contributed by atoms with Crippen LogP contribution >= 0.6 is 0 Å². The van der Waals surface area contributed by atoms with E-state index in [1.807, 2.05) is 58.9 Å². The van der Waals surface area contributed by atoms with Gasteiger partial charge in [-0.1, -0.05) is 31.2 Å². The summed E-state index contributed by atoms with van der Waals surface area (Å²) in [6, 6.07) is 8.08. The number of rotatable bonds is 6. The summed E-state index contributed by atoms with van der Waals surface area (Å²) in [5.74, 6) is 0.0654. The Hall–Kier alpha value is -2.04. The molecule has 0 aliphatic carbocycles. The van der Waals surface area contributed by atoms with Gasteiger partial charge in [-0.3, -0.25) is 4.79 Å². The van der Waals surface area contributed by atoms with E-state index in [4.69, 9.17) is 4.74 Å². The highest BCUT2D eigenvalue weighted by atomic mass is 16.6. The lowest BCUT2D eigenvalue weighted by atomic mass is 10.0. The normalized spacial score (nSPS) is 12.4. The Morgan fingerprint density at radius 2 is 1.70 bits per heavy atom. The molecular weight excluding hydrogens is 292 g/mol. The second-order valence-electron chi connectivity index (χ2n) is 6.70. The number of amides is 2. The van der Waals surface area contributed by atoms with Gasteiger partial charge in [-0.25, -0.2) is 4.79 Å². The van der Waals surface area contributed by atoms with Gasteiger partial charge in [0.05, 0.1) is 0 Å². The fraction of sp³-hybridized carbons (Fsp3) is 0.556. The SMILES string of the molecule is CCC(=O)NC(C)Cc1ccc(CNC(=O)OC(C)(C)C)cc1. The van der Waals surface area contributed by atoms with Crippen molar-refractivity contribution in [3.63, 3.8) is 0 Å². The van der Waals surface area contributed by atoms with Crippen LogP contribution in [0.1, 0.15) is 52.2 Å². The summed E-state index contributed by atoms with van der Waals surface area (Å²) in [4.78, 5) is 23.0. The Morgan fingerprint density at radius 3 is 2.22 bits per heavy atom. The van der Waals surface area contributed by atoms with Gasteiger partial charge in [-0.2, -0.15) is 0 Å². The fourth-order valence-electron chi connectivity index (χ4n) is 2.06. The van der Waals surface area contributed by atoms with Crippen LogP contribution in [0.25, 0.3) is 0 Å². The molecule has 23 heavy (non-hydrogen) atoms. The van der Waals surface area contributed by atoms with Crippen molar-refractivity contribution in [1.29, 1.82) is 0 Å². The fourth-order valence-corrected chi connectivity index (χ4v) is 2.06. The predicted octanol–water partition coefficient (Wildman–Crippen LogP) is 3.17. The van der Waals surface area contributed by atoms with Crippen LogP contribution in [0, 0.1) is 0 Å². The third-order valence-electron chi connectivity index (χ3n) is 3.13. The maximum atomic E-state index is 11.6. The van der Waals surface area contributed by atoms with Crippen LogP contribution in [0.4, 0.5) is 4.79 Å². The average Bonchev–Trinajstić information content (AvgIpc) is 2.44. The van der Waals surface area contributed by atoms with Gasteiger partial charge < -0.3 is 15.4 Å². The van der Waals surface area contributed by atoms with Gasteiger partial charge >= 0.3 is 6.09 Å². The first kappa shape index (κ1) is 19.0. The van der Waals surface area contributed by atoms with Crippen LogP contribution in [0.15, 0.2) is 24.3 Å². The molecule has 1 atom stereocenters. The van der Waals surface area contributed by atoms with Crippen LogP contribution < -0.4 is 10.6 Å². The molecule has 5 nitrogen and oxygen atoms in total. The van der Waals surface area contributed by atoms with Gasteiger partial charge in [0.25, 0.3) is 0 Å². The molecule has 0 bridgehead atoms. The number of hydrogen-bond donors (Lipinski definition) is 2. The molecule has 0 spiro atoms. The highest BCUT2D eigenvalue weighted by Gasteiger charge is 2.15. The number of carbonyl (C=O) groups excluding carboxylic acids is 2. The van der Waals surface area contributed by atoms with E-state index in [-0.39, 0.29) is 11.9 Å². The van der Waals surface area contributed by atoms with Gasteiger partial charge in [0, 0.05) is 19.0 Å². The van der Waals surface area contributed by atoms with Gasteiger partial charge in [-0.05, 0) is 45.2 Å². The molecule has 128 valence electrons. The molecule has 5 heteroatoms. The van der Waals surface area contributed by atoms with Crippen molar-refractivity contribution in [3.05, 3.63) is 35.4 Å². The van der Waals surface area contributed by atoms with E-state index in [1.54, 1.807) is 0 Å². The number of hydrogen-bond acceptors (Lipinski definition) is 3. The Morgan fingerprint density at radius 1 is 1.13 bits per heavy atom. The molecule has 0 aliphatic heterocycles. The summed E-state index contributed by atoms with van der Waals surface area (Å²) in [5.41, 5.74) is 1.66. The first-order valence-electron chi connectivity index (χ1n) is 8.03. The number of alkyl carbamates (subject to hydrolysis) is 1. The molecular formula is C18H28N2O3. The molecule has 0 aliphatic rings. The lowest BCUT2D eigenvalue weighted by Crippen LogP contribution is -2.33. The van der Waals surface area contributed by atoms with Crippen molar-refractivity contribution in [2.24, 2.45) is 0 Å². The van der Waals surface area contributed by atoms with Crippen LogP contribution in [-0.4, -0.2) is 23.6 Å². The second kappa shape index (κ2) is 8.56. The number of ether oxygens (including phenoxy) is 1. The molecule has 2 amide bonds. The Kier molecular flexibility index (Phi) is 7.07. The molecule has 0 fully saturated rings. The third kappa shape index (κ3) is 8.24. The summed E-state index contributed by atoms with van der Waals surface area (Å²) in [5, 5.41) is 5.67. The van der Waals surface area contributed by atoms with Crippen molar-refractivity contribution in [1.82, 2.24) is 10.6 Å². The minimum atomic E-state index is -0.493. The van der Waals surface area contributed by atoms with Crippen LogP contribution in [0.2, 0.25) is 0 Å². The lowest BCUT2D eigenvalue weighted by Gasteiger charge is -2.19. The summed E-state index contributed by atoms with van der Waals surface area (Å²) in [6.45, 7) is 9.76. The summed E-state index contributed by atoms with van der Waals surface area (Å²) >= 11 is 0. The Bertz CT molecular complexity index is 518. The van der Waals surface area contributed by atoms with Crippen LogP contribution in [0.5, 0.6) is 0 Å². The van der Waals surface area contributed by atoms with E-state index in [0.29, 0.717) is 13.0 Å². The Labute approximate surface area is 138 Å². The van der Waals surface area contributed by atoms with Gasteiger partial charge in [0.2, 0.25) is 5.91 Å². The highest BCUT2D eigenvalue weighted by molar-refractivity contribution is 5.75. The van der Waals surface area contributed by atoms with Crippen LogP contribution in [-0.2, 0) is 22.5 Å². The van der Waals surface area contributed by atoms with Crippen molar-refractivity contribution >= 4 is 12.0 Å². The number of carbonyl (C=O) groups is 2. The van der Waals surface area contributed by atoms with Crippen molar-refractivity contribution < 1.29 is 14.3 Å². The molecule has 1 aromatic rings. The largest absolute Gasteiger partial charge is 0.444 e. The van der Waals surface area contributed by atoms with Crippen LogP contribution in [0.3, 0.4) is 0 Å². The number of nitrogens with one attached hydrogen (secondary N) is 2. The van der Waals surface area contributed by atoms with Gasteiger partial charge in [-0.15, -0.1) is 0 Å². The highest BCUT2D eigenvalue weighted by Crippen LogP contribution is 2.09. The molecule has 0 saturated heterocycles. The zero-order valence-electron chi connectivity index (χ0n) is 14.7. The van der Waals surface area contributed by atoms with E-state index in [9.17, 15) is 9.59 Å². The maximum Gasteiger partial charge on any atom is 0.407 e.